The van der Waals surface area contributed by atoms with Gasteiger partial charge >= 0.3 is 0 Å². The second kappa shape index (κ2) is 6.50. The maximum absolute atomic E-state index is 5.79. The van der Waals surface area contributed by atoms with E-state index in [4.69, 9.17) is 14.2 Å². The SMILES string of the molecule is COC(C)OCOc1cc2c(cc1Br)C(C)(C)CCC2(C)C. The van der Waals surface area contributed by atoms with Crippen molar-refractivity contribution in [3.05, 3.63) is 27.7 Å². The van der Waals surface area contributed by atoms with Crippen molar-refractivity contribution in [1.82, 2.24) is 0 Å². The predicted octanol–water partition coefficient (Wildman–Crippen LogP) is 5.14. The zero-order valence-corrected chi connectivity index (χ0v) is 16.0. The minimum atomic E-state index is -0.272. The summed E-state index contributed by atoms with van der Waals surface area (Å²) in [7, 11) is 1.62. The molecule has 0 heterocycles. The highest BCUT2D eigenvalue weighted by Gasteiger charge is 2.37. The van der Waals surface area contributed by atoms with Crippen LogP contribution in [0.1, 0.15) is 58.6 Å². The molecule has 0 N–H and O–H groups in total. The quantitative estimate of drug-likeness (QED) is 0.671. The summed E-state index contributed by atoms with van der Waals surface area (Å²) in [5.74, 6) is 0.827. The molecule has 124 valence electrons. The Morgan fingerprint density at radius 3 is 2.18 bits per heavy atom. The van der Waals surface area contributed by atoms with E-state index in [1.54, 1.807) is 7.11 Å². The van der Waals surface area contributed by atoms with E-state index in [0.717, 1.165) is 10.2 Å². The molecular formula is C18H27BrO3. The standard InChI is InChI=1S/C18H27BrO3/c1-12(20-6)21-11-22-16-10-14-13(9-15(16)19)17(2,3)7-8-18(14,4)5/h9-10,12H,7-8,11H2,1-6H3. The summed E-state index contributed by atoms with van der Waals surface area (Å²) >= 11 is 3.64. The van der Waals surface area contributed by atoms with Crippen LogP contribution in [0.15, 0.2) is 16.6 Å². The zero-order valence-electron chi connectivity index (χ0n) is 14.5. The molecule has 0 bridgehead atoms. The van der Waals surface area contributed by atoms with E-state index in [0.29, 0.717) is 0 Å². The lowest BCUT2D eigenvalue weighted by atomic mass is 9.63. The van der Waals surface area contributed by atoms with E-state index in [9.17, 15) is 0 Å². The minimum absolute atomic E-state index is 0.171. The highest BCUT2D eigenvalue weighted by atomic mass is 79.9. The van der Waals surface area contributed by atoms with Gasteiger partial charge < -0.3 is 14.2 Å². The number of hydrogen-bond acceptors (Lipinski definition) is 3. The Balaban J connectivity index is 2.28. The van der Waals surface area contributed by atoms with Crippen LogP contribution >= 0.6 is 15.9 Å². The Labute approximate surface area is 142 Å². The summed E-state index contributed by atoms with van der Waals surface area (Å²) in [4.78, 5) is 0. The fourth-order valence-corrected chi connectivity index (χ4v) is 3.40. The van der Waals surface area contributed by atoms with Crippen LogP contribution in [-0.4, -0.2) is 20.2 Å². The van der Waals surface area contributed by atoms with E-state index in [-0.39, 0.29) is 23.9 Å². The van der Waals surface area contributed by atoms with Gasteiger partial charge in [-0.1, -0.05) is 27.7 Å². The van der Waals surface area contributed by atoms with Crippen LogP contribution in [0.4, 0.5) is 0 Å². The lowest BCUT2D eigenvalue weighted by Gasteiger charge is -2.42. The van der Waals surface area contributed by atoms with Crippen LogP contribution in [0.5, 0.6) is 5.75 Å². The molecule has 0 saturated heterocycles. The topological polar surface area (TPSA) is 27.7 Å². The third kappa shape index (κ3) is 3.66. The smallest absolute Gasteiger partial charge is 0.191 e. The normalized spacial score (nSPS) is 20.3. The van der Waals surface area contributed by atoms with E-state index in [1.807, 2.05) is 6.92 Å². The second-order valence-corrected chi connectivity index (χ2v) is 8.18. The molecule has 22 heavy (non-hydrogen) atoms. The first-order valence-electron chi connectivity index (χ1n) is 7.79. The molecule has 0 saturated carbocycles. The molecule has 0 aromatic heterocycles. The van der Waals surface area contributed by atoms with Crippen molar-refractivity contribution in [2.24, 2.45) is 0 Å². The highest BCUT2D eigenvalue weighted by Crippen LogP contribution is 2.48. The van der Waals surface area contributed by atoms with Gasteiger partial charge in [-0.3, -0.25) is 0 Å². The fraction of sp³-hybridized carbons (Fsp3) is 0.667. The van der Waals surface area contributed by atoms with Crippen LogP contribution in [0.2, 0.25) is 0 Å². The van der Waals surface area contributed by atoms with Crippen molar-refractivity contribution in [3.63, 3.8) is 0 Å². The van der Waals surface area contributed by atoms with Gasteiger partial charge in [-0.25, -0.2) is 0 Å². The molecule has 3 nitrogen and oxygen atoms in total. The molecule has 1 aliphatic rings. The van der Waals surface area contributed by atoms with E-state index in [2.05, 4.69) is 55.8 Å². The molecule has 1 atom stereocenters. The molecule has 2 rings (SSSR count). The van der Waals surface area contributed by atoms with Crippen molar-refractivity contribution >= 4 is 15.9 Å². The predicted molar refractivity (Wildman–Crippen MR) is 92.5 cm³/mol. The summed E-state index contributed by atoms with van der Waals surface area (Å²) in [5, 5.41) is 0. The number of ether oxygens (including phenoxy) is 3. The van der Waals surface area contributed by atoms with Crippen LogP contribution in [0.25, 0.3) is 0 Å². The number of hydrogen-bond donors (Lipinski definition) is 0. The van der Waals surface area contributed by atoms with Crippen LogP contribution < -0.4 is 4.74 Å². The maximum Gasteiger partial charge on any atom is 0.191 e. The Morgan fingerprint density at radius 2 is 1.64 bits per heavy atom. The largest absolute Gasteiger partial charge is 0.466 e. The summed E-state index contributed by atoms with van der Waals surface area (Å²) < 4.78 is 17.2. The molecule has 0 spiro atoms. The first-order chi connectivity index (χ1) is 10.2. The van der Waals surface area contributed by atoms with Gasteiger partial charge in [-0.2, -0.15) is 0 Å². The minimum Gasteiger partial charge on any atom is -0.466 e. The fourth-order valence-electron chi connectivity index (χ4n) is 2.94. The van der Waals surface area contributed by atoms with E-state index < -0.39 is 0 Å². The lowest BCUT2D eigenvalue weighted by molar-refractivity contribution is -0.149. The number of benzene rings is 1. The van der Waals surface area contributed by atoms with Crippen LogP contribution in [-0.2, 0) is 20.3 Å². The molecular weight excluding hydrogens is 344 g/mol. The third-order valence-corrected chi connectivity index (χ3v) is 5.37. The van der Waals surface area contributed by atoms with Gasteiger partial charge in [0.25, 0.3) is 0 Å². The van der Waals surface area contributed by atoms with E-state index in [1.165, 1.54) is 24.0 Å². The third-order valence-electron chi connectivity index (χ3n) is 4.75. The van der Waals surface area contributed by atoms with Crippen molar-refractivity contribution in [2.75, 3.05) is 13.9 Å². The molecule has 4 heteroatoms. The van der Waals surface area contributed by atoms with Crippen molar-refractivity contribution < 1.29 is 14.2 Å². The van der Waals surface area contributed by atoms with Crippen molar-refractivity contribution in [3.8, 4) is 5.75 Å². The summed E-state index contributed by atoms with van der Waals surface area (Å²) in [6.45, 7) is 11.3. The van der Waals surface area contributed by atoms with Crippen molar-refractivity contribution in [2.45, 2.75) is 64.6 Å². The summed E-state index contributed by atoms with van der Waals surface area (Å²) in [6.07, 6.45) is 2.12. The van der Waals surface area contributed by atoms with Crippen molar-refractivity contribution in [1.29, 1.82) is 0 Å². The molecule has 1 aromatic rings. The average molecular weight is 371 g/mol. The summed E-state index contributed by atoms with van der Waals surface area (Å²) in [5.41, 5.74) is 3.16. The zero-order chi connectivity index (χ0) is 16.5. The molecule has 0 fully saturated rings. The van der Waals surface area contributed by atoms with Gasteiger partial charge in [-0.15, -0.1) is 0 Å². The molecule has 0 aliphatic heterocycles. The van der Waals surface area contributed by atoms with Gasteiger partial charge in [0, 0.05) is 7.11 Å². The molecule has 1 unspecified atom stereocenters. The number of fused-ring (bicyclic) bond motifs is 1. The van der Waals surface area contributed by atoms with Gasteiger partial charge in [0.05, 0.1) is 4.47 Å². The van der Waals surface area contributed by atoms with Gasteiger partial charge in [0.2, 0.25) is 0 Å². The van der Waals surface area contributed by atoms with E-state index >= 15 is 0 Å². The van der Waals surface area contributed by atoms with Crippen LogP contribution in [0.3, 0.4) is 0 Å². The number of halogens is 1. The summed E-state index contributed by atoms with van der Waals surface area (Å²) in [6, 6.07) is 4.38. The Hall–Kier alpha value is -0.580. The van der Waals surface area contributed by atoms with Gasteiger partial charge in [0.1, 0.15) is 5.75 Å². The van der Waals surface area contributed by atoms with Crippen LogP contribution in [0, 0.1) is 0 Å². The van der Waals surface area contributed by atoms with Gasteiger partial charge in [-0.05, 0) is 69.8 Å². The molecule has 0 amide bonds. The Morgan fingerprint density at radius 1 is 1.09 bits per heavy atom. The maximum atomic E-state index is 5.79. The number of methoxy groups -OCH3 is 1. The molecule has 1 aliphatic carbocycles. The molecule has 1 aromatic carbocycles. The first-order valence-corrected chi connectivity index (χ1v) is 8.58. The lowest BCUT2D eigenvalue weighted by Crippen LogP contribution is -2.33. The first kappa shape index (κ1) is 17.8. The Bertz CT molecular complexity index is 537. The monoisotopic (exact) mass is 370 g/mol. The average Bonchev–Trinajstić information content (AvgIpc) is 2.45. The second-order valence-electron chi connectivity index (χ2n) is 7.33. The molecule has 0 radical (unpaired) electrons. The number of rotatable bonds is 5. The Kier molecular flexibility index (Phi) is 5.25. The highest BCUT2D eigenvalue weighted by molar-refractivity contribution is 9.10. The van der Waals surface area contributed by atoms with Gasteiger partial charge in [0.15, 0.2) is 13.1 Å².